The highest BCUT2D eigenvalue weighted by molar-refractivity contribution is 5.91. The molecule has 0 bridgehead atoms. The van der Waals surface area contributed by atoms with Gasteiger partial charge in [-0.15, -0.1) is 0 Å². The van der Waals surface area contributed by atoms with Gasteiger partial charge in [0.2, 0.25) is 0 Å². The van der Waals surface area contributed by atoms with E-state index in [2.05, 4.69) is 0 Å². The van der Waals surface area contributed by atoms with Crippen LogP contribution in [-0.2, 0) is 65.3 Å². The van der Waals surface area contributed by atoms with Crippen molar-refractivity contribution in [1.82, 2.24) is 0 Å². The van der Waals surface area contributed by atoms with Crippen molar-refractivity contribution < 1.29 is 66.5 Å². The topological polar surface area (TPSA) is 153 Å². The molecule has 6 aromatic carbocycles. The highest BCUT2D eigenvalue weighted by Gasteiger charge is 2.55. The Hall–Kier alpha value is -6.59. The average molecular weight is 937 g/mol. The molecule has 356 valence electrons. The van der Waals surface area contributed by atoms with Gasteiger partial charge in [0.15, 0.2) is 37.2 Å². The van der Waals surface area contributed by atoms with E-state index in [1.165, 1.54) is 7.11 Å². The third kappa shape index (κ3) is 11.8. The summed E-state index contributed by atoms with van der Waals surface area (Å²) in [4.78, 5) is 41.8. The Kier molecular flexibility index (Phi) is 15.9. The van der Waals surface area contributed by atoms with Crippen molar-refractivity contribution >= 4 is 17.9 Å². The van der Waals surface area contributed by atoms with Gasteiger partial charge in [-0.25, -0.2) is 14.4 Å². The zero-order valence-electron chi connectivity index (χ0n) is 37.7. The minimum absolute atomic E-state index is 0.121. The van der Waals surface area contributed by atoms with Gasteiger partial charge in [-0.2, -0.15) is 0 Å². The molecule has 0 aliphatic carbocycles. The number of ether oxygens (including phenoxy) is 11. The SMILES string of the molecule is CO[C@H]1O[C@H](CO[C@@H]2O[C@@H]3CO[C@@H](c4ccccc4)O[C@H]3[C@H](OCc3ccccc3)[C@H]2OCc2ccccc2)[C@@H](OC(=O)c2ccccc2)[C@H](OC(=O)c2ccccc2)[C@H]1OC(=O)c1ccccc1. The minimum atomic E-state index is -1.50. The molecule has 0 saturated carbocycles. The first kappa shape index (κ1) is 47.5. The van der Waals surface area contributed by atoms with Gasteiger partial charge in [-0.3, -0.25) is 0 Å². The predicted molar refractivity (Wildman–Crippen MR) is 247 cm³/mol. The molecule has 9 rings (SSSR count). The average Bonchev–Trinajstić information content (AvgIpc) is 3.41. The summed E-state index contributed by atoms with van der Waals surface area (Å²) < 4.78 is 70.9. The van der Waals surface area contributed by atoms with Crippen LogP contribution in [0.25, 0.3) is 0 Å². The summed E-state index contributed by atoms with van der Waals surface area (Å²) in [6, 6.07) is 53.9. The molecule has 6 aromatic rings. The molecule has 11 atom stereocenters. The highest BCUT2D eigenvalue weighted by atomic mass is 16.8. The van der Waals surface area contributed by atoms with Crippen molar-refractivity contribution in [3.63, 3.8) is 0 Å². The van der Waals surface area contributed by atoms with Crippen LogP contribution in [0.1, 0.15) is 54.1 Å². The molecule has 0 amide bonds. The van der Waals surface area contributed by atoms with Crippen LogP contribution in [0, 0.1) is 0 Å². The van der Waals surface area contributed by atoms with Crippen molar-refractivity contribution in [3.8, 4) is 0 Å². The van der Waals surface area contributed by atoms with Crippen LogP contribution in [0.5, 0.6) is 0 Å². The van der Waals surface area contributed by atoms with Gasteiger partial charge in [-0.05, 0) is 47.5 Å². The van der Waals surface area contributed by atoms with E-state index < -0.39 is 85.6 Å². The Morgan fingerprint density at radius 1 is 0.464 bits per heavy atom. The first-order valence-electron chi connectivity index (χ1n) is 22.8. The van der Waals surface area contributed by atoms with E-state index >= 15 is 0 Å². The molecule has 3 aliphatic rings. The van der Waals surface area contributed by atoms with Crippen molar-refractivity contribution in [3.05, 3.63) is 215 Å². The molecule has 0 aromatic heterocycles. The lowest BCUT2D eigenvalue weighted by atomic mass is 9.96. The molecule has 3 heterocycles. The van der Waals surface area contributed by atoms with Gasteiger partial charge < -0.3 is 52.1 Å². The van der Waals surface area contributed by atoms with Crippen molar-refractivity contribution in [2.24, 2.45) is 0 Å². The summed E-state index contributed by atoms with van der Waals surface area (Å²) in [5.74, 6) is -2.30. The summed E-state index contributed by atoms with van der Waals surface area (Å²) in [6.07, 6.45) is -11.9. The van der Waals surface area contributed by atoms with Gasteiger partial charge in [0, 0.05) is 12.7 Å². The second-order valence-electron chi connectivity index (χ2n) is 16.6. The number of benzene rings is 6. The third-order valence-electron chi connectivity index (χ3n) is 11.9. The molecule has 14 heteroatoms. The van der Waals surface area contributed by atoms with Crippen LogP contribution in [0.15, 0.2) is 182 Å². The van der Waals surface area contributed by atoms with Crippen LogP contribution in [-0.4, -0.2) is 99.6 Å². The number of methoxy groups -OCH3 is 1. The van der Waals surface area contributed by atoms with E-state index in [4.69, 9.17) is 52.1 Å². The zero-order valence-corrected chi connectivity index (χ0v) is 37.7. The highest BCUT2D eigenvalue weighted by Crippen LogP contribution is 2.38. The lowest BCUT2D eigenvalue weighted by Crippen LogP contribution is -2.65. The second kappa shape index (κ2) is 23.1. The van der Waals surface area contributed by atoms with E-state index in [9.17, 15) is 14.4 Å². The third-order valence-corrected chi connectivity index (χ3v) is 11.9. The maximum atomic E-state index is 14.1. The smallest absolute Gasteiger partial charge is 0.338 e. The number of hydrogen-bond donors (Lipinski definition) is 0. The maximum Gasteiger partial charge on any atom is 0.338 e. The molecule has 14 nitrogen and oxygen atoms in total. The molecule has 3 saturated heterocycles. The standard InChI is InChI=1S/C55H52O14/c1-59-54-49(68-52(58)40-28-16-6-17-29-40)47(67-51(57)39-26-14-5-15-27-39)45(66-50(56)38-24-12-4-13-25-38)43(64-54)35-63-55-48(61-33-37-22-10-3-11-23-37)46(60-32-36-20-8-2-9-21-36)44-42(65-55)34-62-53(69-44)41-30-18-7-19-31-41/h2-31,42-49,53-55H,32-35H2,1H3/t42-,43-,44-,45-,46+,47+,48-,49-,53-,54+,55-/m1/s1. The fourth-order valence-corrected chi connectivity index (χ4v) is 8.45. The van der Waals surface area contributed by atoms with Crippen LogP contribution >= 0.6 is 0 Å². The lowest BCUT2D eigenvalue weighted by Gasteiger charge is -2.49. The molecule has 0 spiro atoms. The summed E-state index contributed by atoms with van der Waals surface area (Å²) in [7, 11) is 1.36. The number of fused-ring (bicyclic) bond motifs is 1. The monoisotopic (exact) mass is 936 g/mol. The molecule has 3 aliphatic heterocycles. The van der Waals surface area contributed by atoms with Crippen molar-refractivity contribution in [2.75, 3.05) is 20.3 Å². The normalized spacial score (nSPS) is 26.5. The molecular weight excluding hydrogens is 885 g/mol. The quantitative estimate of drug-likeness (QED) is 0.0640. The number of carbonyl (C=O) groups excluding carboxylic acids is 3. The Labute approximate surface area is 399 Å². The van der Waals surface area contributed by atoms with Crippen LogP contribution in [0.4, 0.5) is 0 Å². The van der Waals surface area contributed by atoms with Crippen LogP contribution < -0.4 is 0 Å². The molecule has 0 unspecified atom stereocenters. The van der Waals surface area contributed by atoms with Crippen LogP contribution in [0.3, 0.4) is 0 Å². The van der Waals surface area contributed by atoms with Gasteiger partial charge in [-0.1, -0.05) is 146 Å². The first-order chi connectivity index (χ1) is 33.9. The fraction of sp³-hybridized carbons (Fsp3) is 0.291. The Morgan fingerprint density at radius 3 is 1.42 bits per heavy atom. The van der Waals surface area contributed by atoms with Gasteiger partial charge in [0.25, 0.3) is 0 Å². The molecule has 3 fully saturated rings. The second-order valence-corrected chi connectivity index (χ2v) is 16.6. The molecule has 69 heavy (non-hydrogen) atoms. The first-order valence-corrected chi connectivity index (χ1v) is 22.8. The summed E-state index contributed by atoms with van der Waals surface area (Å²) in [6.45, 7) is 0.141. The number of carbonyl (C=O) groups is 3. The number of esters is 3. The predicted octanol–water partition coefficient (Wildman–Crippen LogP) is 8.06. The number of hydrogen-bond acceptors (Lipinski definition) is 14. The summed E-state index contributed by atoms with van der Waals surface area (Å²) in [5, 5.41) is 0. The van der Waals surface area contributed by atoms with E-state index in [0.29, 0.717) is 0 Å². The Bertz CT molecular complexity index is 2540. The van der Waals surface area contributed by atoms with Crippen LogP contribution in [0.2, 0.25) is 0 Å². The number of rotatable bonds is 17. The summed E-state index contributed by atoms with van der Waals surface area (Å²) in [5.41, 5.74) is 3.26. The fourth-order valence-electron chi connectivity index (χ4n) is 8.45. The van der Waals surface area contributed by atoms with Gasteiger partial charge >= 0.3 is 17.9 Å². The largest absolute Gasteiger partial charge is 0.452 e. The Balaban J connectivity index is 1.05. The van der Waals surface area contributed by atoms with Gasteiger partial charge in [0.05, 0.1) is 43.1 Å². The molecular formula is C55H52O14. The van der Waals surface area contributed by atoms with E-state index in [1.54, 1.807) is 91.0 Å². The minimum Gasteiger partial charge on any atom is -0.452 e. The lowest BCUT2D eigenvalue weighted by molar-refractivity contribution is -0.377. The summed E-state index contributed by atoms with van der Waals surface area (Å²) >= 11 is 0. The molecule has 0 N–H and O–H groups in total. The Morgan fingerprint density at radius 2 is 0.913 bits per heavy atom. The van der Waals surface area contributed by atoms with Crippen molar-refractivity contribution in [1.29, 1.82) is 0 Å². The van der Waals surface area contributed by atoms with E-state index in [0.717, 1.165) is 16.7 Å². The molecule has 0 radical (unpaired) electrons. The van der Waals surface area contributed by atoms with E-state index in [1.807, 2.05) is 91.0 Å². The maximum absolute atomic E-state index is 14.1. The van der Waals surface area contributed by atoms with Gasteiger partial charge in [0.1, 0.15) is 30.5 Å². The van der Waals surface area contributed by atoms with Crippen molar-refractivity contribution in [2.45, 2.75) is 80.9 Å². The van der Waals surface area contributed by atoms with E-state index in [-0.39, 0.29) is 43.1 Å². The zero-order chi connectivity index (χ0) is 47.4.